The zero-order valence-corrected chi connectivity index (χ0v) is 15.4. The third kappa shape index (κ3) is 3.10. The van der Waals surface area contributed by atoms with Crippen molar-refractivity contribution in [2.75, 3.05) is 11.1 Å². The normalized spacial score (nSPS) is 16.7. The number of nitrogens with one attached hydrogen (secondary N) is 1. The van der Waals surface area contributed by atoms with Gasteiger partial charge in [0.1, 0.15) is 11.6 Å². The number of anilines is 1. The number of carbonyl (C=O) groups excluding carboxylic acids is 1. The summed E-state index contributed by atoms with van der Waals surface area (Å²) in [4.78, 5) is 12.3. The number of rotatable bonds is 2. The van der Waals surface area contributed by atoms with Gasteiger partial charge in [-0.2, -0.15) is 5.10 Å². The van der Waals surface area contributed by atoms with Crippen molar-refractivity contribution in [2.24, 2.45) is 0 Å². The summed E-state index contributed by atoms with van der Waals surface area (Å²) in [6.45, 7) is 1.92. The van der Waals surface area contributed by atoms with Gasteiger partial charge in [0.2, 0.25) is 5.91 Å². The highest BCUT2D eigenvalue weighted by atomic mass is 35.5. The summed E-state index contributed by atoms with van der Waals surface area (Å²) >= 11 is 7.49. The molecular weight excluding hydrogens is 373 g/mol. The summed E-state index contributed by atoms with van der Waals surface area (Å²) in [5.41, 5.74) is 3.50. The van der Waals surface area contributed by atoms with Crippen LogP contribution in [0.25, 0.3) is 5.69 Å². The summed E-state index contributed by atoms with van der Waals surface area (Å²) in [7, 11) is 0. The first-order valence-electron chi connectivity index (χ1n) is 8.05. The molecule has 1 N–H and O–H groups in total. The van der Waals surface area contributed by atoms with E-state index in [1.165, 1.54) is 23.9 Å². The Balaban J connectivity index is 1.87. The predicted molar refractivity (Wildman–Crippen MR) is 103 cm³/mol. The zero-order valence-electron chi connectivity index (χ0n) is 13.9. The van der Waals surface area contributed by atoms with E-state index in [1.54, 1.807) is 28.9 Å². The van der Waals surface area contributed by atoms with Crippen LogP contribution in [0.1, 0.15) is 22.1 Å². The highest BCUT2D eigenvalue weighted by molar-refractivity contribution is 8.00. The van der Waals surface area contributed by atoms with Gasteiger partial charge in [0, 0.05) is 10.6 Å². The minimum absolute atomic E-state index is 0.0871. The van der Waals surface area contributed by atoms with E-state index in [-0.39, 0.29) is 17.0 Å². The molecule has 2 heterocycles. The van der Waals surface area contributed by atoms with Crippen molar-refractivity contribution in [1.82, 2.24) is 9.78 Å². The van der Waals surface area contributed by atoms with E-state index in [9.17, 15) is 9.18 Å². The molecule has 0 radical (unpaired) electrons. The van der Waals surface area contributed by atoms with Crippen LogP contribution in [-0.4, -0.2) is 21.4 Å². The molecule has 2 aromatic carbocycles. The van der Waals surface area contributed by atoms with Crippen LogP contribution < -0.4 is 5.32 Å². The summed E-state index contributed by atoms with van der Waals surface area (Å²) in [6, 6.07) is 13.7. The number of nitrogens with zero attached hydrogens (tertiary/aromatic N) is 2. The summed E-state index contributed by atoms with van der Waals surface area (Å²) in [5, 5.41) is 8.13. The van der Waals surface area contributed by atoms with Gasteiger partial charge >= 0.3 is 0 Å². The minimum atomic E-state index is -0.282. The number of carbonyl (C=O) groups is 1. The third-order valence-corrected chi connectivity index (χ3v) is 5.77. The second kappa shape index (κ2) is 6.78. The van der Waals surface area contributed by atoms with Gasteiger partial charge in [0.25, 0.3) is 0 Å². The smallest absolute Gasteiger partial charge is 0.235 e. The molecule has 0 bridgehead atoms. The number of aromatic nitrogens is 2. The van der Waals surface area contributed by atoms with Crippen LogP contribution in [0.3, 0.4) is 0 Å². The van der Waals surface area contributed by atoms with Crippen LogP contribution in [0.2, 0.25) is 5.02 Å². The Hall–Kier alpha value is -2.31. The number of hydrogen-bond donors (Lipinski definition) is 1. The van der Waals surface area contributed by atoms with E-state index in [0.717, 1.165) is 22.5 Å². The monoisotopic (exact) mass is 387 g/mol. The van der Waals surface area contributed by atoms with Gasteiger partial charge in [-0.3, -0.25) is 4.79 Å². The van der Waals surface area contributed by atoms with Gasteiger partial charge in [-0.15, -0.1) is 11.8 Å². The Kier molecular flexibility index (Phi) is 4.46. The van der Waals surface area contributed by atoms with E-state index >= 15 is 0 Å². The molecular formula is C19H15ClFN3OS. The van der Waals surface area contributed by atoms with Gasteiger partial charge in [-0.05, 0) is 48.9 Å². The summed E-state index contributed by atoms with van der Waals surface area (Å²) < 4.78 is 15.1. The molecule has 1 aromatic heterocycles. The Morgan fingerprint density at radius 1 is 1.19 bits per heavy atom. The fraction of sp³-hybridized carbons (Fsp3) is 0.158. The van der Waals surface area contributed by atoms with Gasteiger partial charge in [-0.1, -0.05) is 23.7 Å². The molecule has 3 aromatic rings. The lowest BCUT2D eigenvalue weighted by molar-refractivity contribution is -0.113. The molecule has 4 nitrogen and oxygen atoms in total. The van der Waals surface area contributed by atoms with Crippen molar-refractivity contribution in [3.63, 3.8) is 0 Å². The summed E-state index contributed by atoms with van der Waals surface area (Å²) in [6.07, 6.45) is 0. The second-order valence-corrected chi connectivity index (χ2v) is 7.56. The first kappa shape index (κ1) is 17.1. The molecule has 1 atom stereocenters. The lowest BCUT2D eigenvalue weighted by atomic mass is 10.0. The number of hydrogen-bond acceptors (Lipinski definition) is 3. The molecule has 7 heteroatoms. The molecule has 1 amide bonds. The van der Waals surface area contributed by atoms with Gasteiger partial charge in [0.15, 0.2) is 0 Å². The fourth-order valence-electron chi connectivity index (χ4n) is 3.05. The topological polar surface area (TPSA) is 46.9 Å². The quantitative estimate of drug-likeness (QED) is 0.690. The van der Waals surface area contributed by atoms with Crippen molar-refractivity contribution in [1.29, 1.82) is 0 Å². The average molecular weight is 388 g/mol. The van der Waals surface area contributed by atoms with Crippen molar-refractivity contribution >= 4 is 35.1 Å². The maximum Gasteiger partial charge on any atom is 0.235 e. The molecule has 0 saturated carbocycles. The van der Waals surface area contributed by atoms with Gasteiger partial charge in [0.05, 0.1) is 22.4 Å². The minimum Gasteiger partial charge on any atom is -0.310 e. The SMILES string of the molecule is Cc1nn(-c2ccc(Cl)cc2)c2c1[C@H](c1ccc(F)cc1)SCC(=O)N2. The van der Waals surface area contributed by atoms with Crippen LogP contribution >= 0.6 is 23.4 Å². The van der Waals surface area contributed by atoms with Crippen molar-refractivity contribution in [3.8, 4) is 5.69 Å². The molecule has 0 saturated heterocycles. The molecule has 0 unspecified atom stereocenters. The van der Waals surface area contributed by atoms with E-state index in [2.05, 4.69) is 10.4 Å². The van der Waals surface area contributed by atoms with E-state index in [4.69, 9.17) is 11.6 Å². The largest absolute Gasteiger partial charge is 0.310 e. The van der Waals surface area contributed by atoms with Crippen LogP contribution in [0.4, 0.5) is 10.2 Å². The highest BCUT2D eigenvalue weighted by Crippen LogP contribution is 2.43. The molecule has 0 fully saturated rings. The Labute approximate surface area is 159 Å². The van der Waals surface area contributed by atoms with Crippen molar-refractivity contribution in [3.05, 3.63) is 76.2 Å². The molecule has 132 valence electrons. The number of amides is 1. The maximum atomic E-state index is 13.3. The Bertz CT molecular complexity index is 970. The van der Waals surface area contributed by atoms with E-state index < -0.39 is 0 Å². The van der Waals surface area contributed by atoms with E-state index in [0.29, 0.717) is 16.6 Å². The van der Waals surface area contributed by atoms with Crippen molar-refractivity contribution in [2.45, 2.75) is 12.2 Å². The average Bonchev–Trinajstić information content (AvgIpc) is 2.83. The standard InChI is InChI=1S/C19H15ClFN3OS/c1-11-17-18(12-2-6-14(21)7-3-12)26-10-16(25)22-19(17)24(23-11)15-8-4-13(20)5-9-15/h2-9,18H,10H2,1H3,(H,22,25)/t18-/m0/s1. The van der Waals surface area contributed by atoms with Crippen molar-refractivity contribution < 1.29 is 9.18 Å². The fourth-order valence-corrected chi connectivity index (χ4v) is 4.37. The van der Waals surface area contributed by atoms with Crippen LogP contribution in [0.15, 0.2) is 48.5 Å². The molecule has 4 rings (SSSR count). The van der Waals surface area contributed by atoms with Gasteiger partial charge in [-0.25, -0.2) is 9.07 Å². The number of thioether (sulfide) groups is 1. The molecule has 26 heavy (non-hydrogen) atoms. The van der Waals surface area contributed by atoms with E-state index in [1.807, 2.05) is 19.1 Å². The molecule has 1 aliphatic rings. The zero-order chi connectivity index (χ0) is 18.3. The number of benzene rings is 2. The highest BCUT2D eigenvalue weighted by Gasteiger charge is 2.30. The Morgan fingerprint density at radius 3 is 2.58 bits per heavy atom. The van der Waals surface area contributed by atoms with Gasteiger partial charge < -0.3 is 5.32 Å². The lowest BCUT2D eigenvalue weighted by Crippen LogP contribution is -2.15. The Morgan fingerprint density at radius 2 is 1.88 bits per heavy atom. The predicted octanol–water partition coefficient (Wildman–Crippen LogP) is 4.75. The second-order valence-electron chi connectivity index (χ2n) is 6.03. The number of halogens is 2. The number of fused-ring (bicyclic) bond motifs is 1. The number of aryl methyl sites for hydroxylation is 1. The van der Waals surface area contributed by atoms with Crippen LogP contribution in [-0.2, 0) is 4.79 Å². The third-order valence-electron chi connectivity index (χ3n) is 4.25. The molecule has 0 spiro atoms. The van der Waals surface area contributed by atoms with Crippen LogP contribution in [0.5, 0.6) is 0 Å². The lowest BCUT2D eigenvalue weighted by Gasteiger charge is -2.15. The first-order chi connectivity index (χ1) is 12.5. The maximum absolute atomic E-state index is 13.3. The molecule has 1 aliphatic heterocycles. The summed E-state index contributed by atoms with van der Waals surface area (Å²) in [5.74, 6) is 0.594. The van der Waals surface area contributed by atoms with Crippen LogP contribution in [0, 0.1) is 12.7 Å². The first-order valence-corrected chi connectivity index (χ1v) is 9.48. The molecule has 0 aliphatic carbocycles.